The highest BCUT2D eigenvalue weighted by molar-refractivity contribution is 5.69. The number of hydrogen-bond donors (Lipinski definition) is 0. The van der Waals surface area contributed by atoms with Crippen LogP contribution in [0.2, 0.25) is 0 Å². The van der Waals surface area contributed by atoms with Crippen LogP contribution >= 0.6 is 0 Å². The highest BCUT2D eigenvalue weighted by atomic mass is 16.5. The summed E-state index contributed by atoms with van der Waals surface area (Å²) in [6.07, 6.45) is 6.62. The third kappa shape index (κ3) is 6.06. The first kappa shape index (κ1) is 14.5. The minimum atomic E-state index is -0.0419. The van der Waals surface area contributed by atoms with Crippen molar-refractivity contribution in [2.45, 2.75) is 52.4 Å². The van der Waals surface area contributed by atoms with Crippen LogP contribution in [0.15, 0.2) is 0 Å². The van der Waals surface area contributed by atoms with Gasteiger partial charge in [-0.25, -0.2) is 0 Å². The van der Waals surface area contributed by atoms with E-state index in [1.807, 2.05) is 6.92 Å². The SMILES string of the molecule is CCOC(=O)CCCCCN1CCC(CC)C1. The molecule has 100 valence electrons. The highest BCUT2D eigenvalue weighted by Crippen LogP contribution is 2.19. The summed E-state index contributed by atoms with van der Waals surface area (Å²) < 4.78 is 4.90. The van der Waals surface area contributed by atoms with Gasteiger partial charge in [0.1, 0.15) is 0 Å². The Kier molecular flexibility index (Phi) is 7.25. The molecule has 1 fully saturated rings. The molecular weight excluding hydrogens is 214 g/mol. The fraction of sp³-hybridized carbons (Fsp3) is 0.929. The van der Waals surface area contributed by atoms with E-state index in [0.717, 1.165) is 18.8 Å². The predicted molar refractivity (Wildman–Crippen MR) is 69.9 cm³/mol. The lowest BCUT2D eigenvalue weighted by atomic mass is 10.1. The molecule has 0 aliphatic carbocycles. The van der Waals surface area contributed by atoms with Gasteiger partial charge in [0.25, 0.3) is 0 Å². The molecule has 1 saturated heterocycles. The van der Waals surface area contributed by atoms with Crippen molar-refractivity contribution in [2.24, 2.45) is 5.92 Å². The number of unbranched alkanes of at least 4 members (excludes halogenated alkanes) is 2. The molecule has 1 atom stereocenters. The Bertz CT molecular complexity index is 218. The monoisotopic (exact) mass is 241 g/mol. The van der Waals surface area contributed by atoms with Gasteiger partial charge in [-0.3, -0.25) is 4.79 Å². The second-order valence-electron chi connectivity index (χ2n) is 4.98. The molecule has 0 aromatic rings. The van der Waals surface area contributed by atoms with Crippen LogP contribution < -0.4 is 0 Å². The lowest BCUT2D eigenvalue weighted by Crippen LogP contribution is -2.21. The predicted octanol–water partition coefficient (Wildman–Crippen LogP) is 2.84. The molecule has 0 radical (unpaired) electrons. The maximum Gasteiger partial charge on any atom is 0.305 e. The fourth-order valence-electron chi connectivity index (χ4n) is 2.46. The number of ether oxygens (including phenoxy) is 1. The second kappa shape index (κ2) is 8.51. The van der Waals surface area contributed by atoms with Crippen LogP contribution in [0.4, 0.5) is 0 Å². The number of carbonyl (C=O) groups excluding carboxylic acids is 1. The molecule has 0 spiro atoms. The zero-order valence-corrected chi connectivity index (χ0v) is 11.4. The van der Waals surface area contributed by atoms with Crippen LogP contribution in [0.1, 0.15) is 52.4 Å². The minimum Gasteiger partial charge on any atom is -0.466 e. The third-order valence-corrected chi connectivity index (χ3v) is 3.61. The fourth-order valence-corrected chi connectivity index (χ4v) is 2.46. The molecule has 0 amide bonds. The van der Waals surface area contributed by atoms with E-state index in [4.69, 9.17) is 4.74 Å². The molecule has 1 unspecified atom stereocenters. The lowest BCUT2D eigenvalue weighted by Gasteiger charge is -2.15. The van der Waals surface area contributed by atoms with E-state index in [2.05, 4.69) is 11.8 Å². The molecule has 1 aliphatic rings. The van der Waals surface area contributed by atoms with Crippen molar-refractivity contribution < 1.29 is 9.53 Å². The van der Waals surface area contributed by atoms with Crippen molar-refractivity contribution in [3.8, 4) is 0 Å². The summed E-state index contributed by atoms with van der Waals surface area (Å²) in [7, 11) is 0. The molecule has 1 aliphatic heterocycles. The summed E-state index contributed by atoms with van der Waals surface area (Å²) in [5.41, 5.74) is 0. The third-order valence-electron chi connectivity index (χ3n) is 3.61. The maximum absolute atomic E-state index is 11.1. The van der Waals surface area contributed by atoms with Crippen molar-refractivity contribution in [1.29, 1.82) is 0 Å². The van der Waals surface area contributed by atoms with Gasteiger partial charge in [0.2, 0.25) is 0 Å². The Hall–Kier alpha value is -0.570. The smallest absolute Gasteiger partial charge is 0.305 e. The molecule has 3 heteroatoms. The van der Waals surface area contributed by atoms with Crippen LogP contribution in [-0.4, -0.2) is 37.1 Å². The van der Waals surface area contributed by atoms with E-state index in [-0.39, 0.29) is 5.97 Å². The van der Waals surface area contributed by atoms with E-state index in [1.54, 1.807) is 0 Å². The number of rotatable bonds is 8. The zero-order chi connectivity index (χ0) is 12.5. The summed E-state index contributed by atoms with van der Waals surface area (Å²) in [4.78, 5) is 13.7. The van der Waals surface area contributed by atoms with Gasteiger partial charge in [0, 0.05) is 13.0 Å². The Morgan fingerprint density at radius 1 is 1.29 bits per heavy atom. The molecule has 0 saturated carbocycles. The lowest BCUT2D eigenvalue weighted by molar-refractivity contribution is -0.143. The second-order valence-corrected chi connectivity index (χ2v) is 4.98. The molecule has 1 rings (SSSR count). The topological polar surface area (TPSA) is 29.5 Å². The Labute approximate surface area is 106 Å². The average Bonchev–Trinajstić information content (AvgIpc) is 2.77. The van der Waals surface area contributed by atoms with Crippen LogP contribution in [0.5, 0.6) is 0 Å². The van der Waals surface area contributed by atoms with Crippen molar-refractivity contribution in [1.82, 2.24) is 4.90 Å². The van der Waals surface area contributed by atoms with Gasteiger partial charge >= 0.3 is 5.97 Å². The van der Waals surface area contributed by atoms with Crippen LogP contribution in [0, 0.1) is 5.92 Å². The van der Waals surface area contributed by atoms with E-state index in [0.29, 0.717) is 13.0 Å². The molecule has 0 N–H and O–H groups in total. The summed E-state index contributed by atoms with van der Waals surface area (Å²) in [6.45, 7) is 8.41. The first-order valence-corrected chi connectivity index (χ1v) is 7.14. The first-order valence-electron chi connectivity index (χ1n) is 7.14. The molecule has 0 bridgehead atoms. The number of esters is 1. The van der Waals surface area contributed by atoms with Crippen LogP contribution in [0.3, 0.4) is 0 Å². The van der Waals surface area contributed by atoms with E-state index >= 15 is 0 Å². The van der Waals surface area contributed by atoms with Crippen LogP contribution in [-0.2, 0) is 9.53 Å². The summed E-state index contributed by atoms with van der Waals surface area (Å²) in [6, 6.07) is 0. The standard InChI is InChI=1S/C14H27NO2/c1-3-13-9-11-15(12-13)10-7-5-6-8-14(16)17-4-2/h13H,3-12H2,1-2H3. The largest absolute Gasteiger partial charge is 0.466 e. The molecule has 0 aromatic heterocycles. The first-order chi connectivity index (χ1) is 8.26. The van der Waals surface area contributed by atoms with Gasteiger partial charge in [0.05, 0.1) is 6.61 Å². The Morgan fingerprint density at radius 3 is 2.76 bits per heavy atom. The number of likely N-dealkylation sites (tertiary alicyclic amines) is 1. The minimum absolute atomic E-state index is 0.0419. The van der Waals surface area contributed by atoms with Gasteiger partial charge in [-0.2, -0.15) is 0 Å². The Morgan fingerprint density at radius 2 is 2.12 bits per heavy atom. The number of hydrogen-bond acceptors (Lipinski definition) is 3. The Balaban J connectivity index is 1.92. The quantitative estimate of drug-likeness (QED) is 0.483. The number of nitrogens with zero attached hydrogens (tertiary/aromatic N) is 1. The van der Waals surface area contributed by atoms with E-state index in [1.165, 1.54) is 38.9 Å². The van der Waals surface area contributed by atoms with Gasteiger partial charge < -0.3 is 9.64 Å². The highest BCUT2D eigenvalue weighted by Gasteiger charge is 2.19. The van der Waals surface area contributed by atoms with Crippen molar-refractivity contribution in [2.75, 3.05) is 26.2 Å². The molecule has 1 heterocycles. The van der Waals surface area contributed by atoms with Crippen LogP contribution in [0.25, 0.3) is 0 Å². The van der Waals surface area contributed by atoms with E-state index < -0.39 is 0 Å². The van der Waals surface area contributed by atoms with Gasteiger partial charge in [-0.05, 0) is 45.2 Å². The molecule has 0 aromatic carbocycles. The summed E-state index contributed by atoms with van der Waals surface area (Å²) >= 11 is 0. The number of carbonyl (C=O) groups is 1. The van der Waals surface area contributed by atoms with Gasteiger partial charge in [-0.1, -0.05) is 19.8 Å². The summed E-state index contributed by atoms with van der Waals surface area (Å²) in [5.74, 6) is 0.884. The average molecular weight is 241 g/mol. The summed E-state index contributed by atoms with van der Waals surface area (Å²) in [5, 5.41) is 0. The van der Waals surface area contributed by atoms with E-state index in [9.17, 15) is 4.79 Å². The molecule has 3 nitrogen and oxygen atoms in total. The zero-order valence-electron chi connectivity index (χ0n) is 11.4. The normalized spacial score (nSPS) is 20.7. The molecule has 17 heavy (non-hydrogen) atoms. The van der Waals surface area contributed by atoms with Crippen molar-refractivity contribution in [3.05, 3.63) is 0 Å². The van der Waals surface area contributed by atoms with Gasteiger partial charge in [-0.15, -0.1) is 0 Å². The van der Waals surface area contributed by atoms with Gasteiger partial charge in [0.15, 0.2) is 0 Å². The maximum atomic E-state index is 11.1. The van der Waals surface area contributed by atoms with Crippen molar-refractivity contribution in [3.63, 3.8) is 0 Å². The molecular formula is C14H27NO2. The van der Waals surface area contributed by atoms with Crippen molar-refractivity contribution >= 4 is 5.97 Å².